The van der Waals surface area contributed by atoms with Crippen molar-refractivity contribution in [3.05, 3.63) is 35.9 Å². The topological polar surface area (TPSA) is 130 Å². The lowest BCUT2D eigenvalue weighted by Crippen LogP contribution is -2.56. The maximum Gasteiger partial charge on any atom is 0.451 e. The Hall–Kier alpha value is -1.41. The molecule has 1 atom stereocenters. The molecule has 0 bridgehead atoms. The van der Waals surface area contributed by atoms with Gasteiger partial charge in [0, 0.05) is 6.54 Å². The minimum Gasteiger partial charge on any atom is -0.480 e. The summed E-state index contributed by atoms with van der Waals surface area (Å²) in [5.41, 5.74) is 11.4. The van der Waals surface area contributed by atoms with E-state index in [0.717, 1.165) is 19.3 Å². The molecule has 0 aromatic heterocycles. The van der Waals surface area contributed by atoms with Crippen molar-refractivity contribution in [2.45, 2.75) is 56.9 Å². The molecule has 7 heteroatoms. The Bertz CT molecular complexity index is 483. The maximum atomic E-state index is 11.2. The summed E-state index contributed by atoms with van der Waals surface area (Å²) in [5, 5.41) is 26.5. The number of carboxylic acid groups (broad SMARTS) is 1. The first-order chi connectivity index (χ1) is 11.4. The number of carboxylic acids is 1. The van der Waals surface area contributed by atoms with Crippen molar-refractivity contribution in [3.8, 4) is 0 Å². The molecule has 0 radical (unpaired) electrons. The minimum absolute atomic E-state index is 0.0871. The van der Waals surface area contributed by atoms with Gasteiger partial charge in [-0.05, 0) is 37.1 Å². The fourth-order valence-electron chi connectivity index (χ4n) is 2.77. The average molecular weight is 336 g/mol. The van der Waals surface area contributed by atoms with Crippen LogP contribution in [0.1, 0.15) is 44.1 Å². The highest BCUT2D eigenvalue weighted by Gasteiger charge is 2.44. The van der Waals surface area contributed by atoms with Gasteiger partial charge in [0.2, 0.25) is 0 Å². The maximum absolute atomic E-state index is 11.2. The molecular weight excluding hydrogens is 307 g/mol. The zero-order chi connectivity index (χ0) is 18.0. The summed E-state index contributed by atoms with van der Waals surface area (Å²) in [4.78, 5) is 11.2. The van der Waals surface area contributed by atoms with Gasteiger partial charge in [-0.25, -0.2) is 0 Å². The van der Waals surface area contributed by atoms with E-state index in [1.165, 1.54) is 5.56 Å². The van der Waals surface area contributed by atoms with Gasteiger partial charge in [0.15, 0.2) is 0 Å². The van der Waals surface area contributed by atoms with Crippen molar-refractivity contribution in [2.24, 2.45) is 17.4 Å². The van der Waals surface area contributed by atoms with E-state index >= 15 is 0 Å². The first-order valence-electron chi connectivity index (χ1n) is 8.52. The fraction of sp³-hybridized carbons (Fsp3) is 0.588. The van der Waals surface area contributed by atoms with E-state index in [2.05, 4.69) is 0 Å². The van der Waals surface area contributed by atoms with Gasteiger partial charge in [-0.15, -0.1) is 0 Å². The summed E-state index contributed by atoms with van der Waals surface area (Å²) in [6, 6.07) is 9.99. The molecule has 0 spiro atoms. The van der Waals surface area contributed by atoms with E-state index in [1.54, 1.807) is 0 Å². The molecule has 1 aromatic carbocycles. The third-order valence-electron chi connectivity index (χ3n) is 4.61. The summed E-state index contributed by atoms with van der Waals surface area (Å²) in [5.74, 6) is -0.842. The SMILES string of the molecule is NC(CCCCB(O)O)(C(=O)O)C1CCC1.NCc1ccccc1. The lowest BCUT2D eigenvalue weighted by atomic mass is 9.68. The lowest BCUT2D eigenvalue weighted by molar-refractivity contribution is -0.147. The van der Waals surface area contributed by atoms with Gasteiger partial charge in [0.25, 0.3) is 0 Å². The standard InChI is InChI=1S/C10H20BNO4.C7H9N/c12-10(9(13)14,8-4-3-5-8)6-1-2-7-11(15)16;8-6-7-4-2-1-3-5-7/h8,15-16H,1-7,12H2,(H,13,14);1-5H,6,8H2. The molecule has 0 heterocycles. The summed E-state index contributed by atoms with van der Waals surface area (Å²) in [7, 11) is -1.30. The molecule has 0 aliphatic heterocycles. The molecule has 2 rings (SSSR count). The van der Waals surface area contributed by atoms with Crippen LogP contribution in [0.4, 0.5) is 0 Å². The van der Waals surface area contributed by atoms with Crippen LogP contribution in [-0.2, 0) is 11.3 Å². The molecule has 0 saturated heterocycles. The molecule has 1 aromatic rings. The van der Waals surface area contributed by atoms with Gasteiger partial charge < -0.3 is 26.6 Å². The van der Waals surface area contributed by atoms with Gasteiger partial charge in [0.05, 0.1) is 0 Å². The Morgan fingerprint density at radius 3 is 2.21 bits per heavy atom. The highest BCUT2D eigenvalue weighted by molar-refractivity contribution is 6.40. The number of hydrogen-bond acceptors (Lipinski definition) is 5. The van der Waals surface area contributed by atoms with Gasteiger partial charge in [-0.2, -0.15) is 0 Å². The number of carbonyl (C=O) groups is 1. The van der Waals surface area contributed by atoms with Crippen LogP contribution >= 0.6 is 0 Å². The van der Waals surface area contributed by atoms with Crippen molar-refractivity contribution in [2.75, 3.05) is 0 Å². The van der Waals surface area contributed by atoms with E-state index in [-0.39, 0.29) is 12.2 Å². The fourth-order valence-corrected chi connectivity index (χ4v) is 2.77. The van der Waals surface area contributed by atoms with Gasteiger partial charge in [-0.1, -0.05) is 49.6 Å². The largest absolute Gasteiger partial charge is 0.480 e. The van der Waals surface area contributed by atoms with Crippen LogP contribution in [0.25, 0.3) is 0 Å². The predicted molar refractivity (Wildman–Crippen MR) is 95.1 cm³/mol. The van der Waals surface area contributed by atoms with E-state index in [0.29, 0.717) is 25.8 Å². The van der Waals surface area contributed by atoms with E-state index in [9.17, 15) is 4.79 Å². The molecule has 1 saturated carbocycles. The van der Waals surface area contributed by atoms with Crippen LogP contribution in [0.3, 0.4) is 0 Å². The number of benzene rings is 1. The second kappa shape index (κ2) is 10.5. The summed E-state index contributed by atoms with van der Waals surface area (Å²) >= 11 is 0. The summed E-state index contributed by atoms with van der Waals surface area (Å²) in [6.07, 6.45) is 4.76. The van der Waals surface area contributed by atoms with Crippen LogP contribution < -0.4 is 11.5 Å². The Kier molecular flexibility index (Phi) is 8.99. The molecule has 1 aliphatic rings. The molecule has 24 heavy (non-hydrogen) atoms. The van der Waals surface area contributed by atoms with Crippen molar-refractivity contribution >= 4 is 13.1 Å². The summed E-state index contributed by atoms with van der Waals surface area (Å²) in [6.45, 7) is 0.640. The third-order valence-corrected chi connectivity index (χ3v) is 4.61. The minimum atomic E-state index is -1.30. The van der Waals surface area contributed by atoms with Crippen molar-refractivity contribution in [1.29, 1.82) is 0 Å². The highest BCUT2D eigenvalue weighted by atomic mass is 16.4. The van der Waals surface area contributed by atoms with Crippen LogP contribution in [-0.4, -0.2) is 33.8 Å². The molecule has 7 N–H and O–H groups in total. The van der Waals surface area contributed by atoms with Gasteiger partial charge in [-0.3, -0.25) is 4.79 Å². The van der Waals surface area contributed by atoms with Crippen molar-refractivity contribution in [1.82, 2.24) is 0 Å². The van der Waals surface area contributed by atoms with Crippen molar-refractivity contribution < 1.29 is 19.9 Å². The quantitative estimate of drug-likeness (QED) is 0.360. The average Bonchev–Trinajstić information content (AvgIpc) is 2.51. The number of unbranched alkanes of at least 4 members (excludes halogenated alkanes) is 1. The Morgan fingerprint density at radius 1 is 1.21 bits per heavy atom. The van der Waals surface area contributed by atoms with Crippen LogP contribution in [0.2, 0.25) is 6.32 Å². The van der Waals surface area contributed by atoms with E-state index in [4.69, 9.17) is 26.6 Å². The Morgan fingerprint density at radius 2 is 1.83 bits per heavy atom. The number of rotatable bonds is 8. The van der Waals surface area contributed by atoms with Crippen LogP contribution in [0, 0.1) is 5.92 Å². The normalized spacial score (nSPS) is 16.3. The molecule has 134 valence electrons. The van der Waals surface area contributed by atoms with Crippen LogP contribution in [0.5, 0.6) is 0 Å². The zero-order valence-corrected chi connectivity index (χ0v) is 14.1. The number of hydrogen-bond donors (Lipinski definition) is 5. The van der Waals surface area contributed by atoms with Gasteiger partial charge in [0.1, 0.15) is 5.54 Å². The Balaban J connectivity index is 0.000000300. The van der Waals surface area contributed by atoms with Crippen LogP contribution in [0.15, 0.2) is 30.3 Å². The highest BCUT2D eigenvalue weighted by Crippen LogP contribution is 2.37. The smallest absolute Gasteiger partial charge is 0.451 e. The molecule has 0 amide bonds. The Labute approximate surface area is 144 Å². The molecule has 1 aliphatic carbocycles. The molecule has 1 unspecified atom stereocenters. The predicted octanol–water partition coefficient (Wildman–Crippen LogP) is 1.36. The number of aliphatic carboxylic acids is 1. The van der Waals surface area contributed by atoms with Gasteiger partial charge >= 0.3 is 13.1 Å². The van der Waals surface area contributed by atoms with E-state index < -0.39 is 18.6 Å². The first kappa shape index (κ1) is 20.6. The van der Waals surface area contributed by atoms with Crippen molar-refractivity contribution in [3.63, 3.8) is 0 Å². The second-order valence-corrected chi connectivity index (χ2v) is 6.39. The number of nitrogens with two attached hydrogens (primary N) is 2. The third kappa shape index (κ3) is 6.61. The van der Waals surface area contributed by atoms with E-state index in [1.807, 2.05) is 30.3 Å². The summed E-state index contributed by atoms with van der Waals surface area (Å²) < 4.78 is 0. The molecule has 6 nitrogen and oxygen atoms in total. The first-order valence-corrected chi connectivity index (χ1v) is 8.52. The molecular formula is C17H29BN2O4. The lowest BCUT2D eigenvalue weighted by Gasteiger charge is -2.39. The monoisotopic (exact) mass is 336 g/mol. The zero-order valence-electron chi connectivity index (χ0n) is 14.1. The molecule has 1 fully saturated rings. The second-order valence-electron chi connectivity index (χ2n) is 6.39.